The molecule has 0 aromatic rings. The first-order valence-corrected chi connectivity index (χ1v) is 7.08. The van der Waals surface area contributed by atoms with Crippen LogP contribution in [0, 0.1) is 0 Å². The Kier molecular flexibility index (Phi) is 12.5. The van der Waals surface area contributed by atoms with Gasteiger partial charge >= 0.3 is 0 Å². The summed E-state index contributed by atoms with van der Waals surface area (Å²) in [5, 5.41) is 9.23. The Labute approximate surface area is 100 Å². The van der Waals surface area contributed by atoms with E-state index in [1.54, 1.807) is 0 Å². The van der Waals surface area contributed by atoms with Gasteiger partial charge in [0.1, 0.15) is 0 Å². The van der Waals surface area contributed by atoms with Gasteiger partial charge in [0.15, 0.2) is 0 Å². The summed E-state index contributed by atoms with van der Waals surface area (Å²) < 4.78 is 0. The molecule has 0 aliphatic heterocycles. The minimum Gasteiger partial charge on any atom is -0.392 e. The van der Waals surface area contributed by atoms with Crippen LogP contribution in [0.5, 0.6) is 0 Å². The molecule has 0 bridgehead atoms. The van der Waals surface area contributed by atoms with Gasteiger partial charge in [-0.15, -0.1) is 11.6 Å². The van der Waals surface area contributed by atoms with E-state index in [1.807, 2.05) is 0 Å². The van der Waals surface area contributed by atoms with E-state index in [2.05, 4.69) is 6.92 Å². The number of aliphatic hydroxyl groups excluding tert-OH is 1. The Morgan fingerprint density at radius 1 is 0.867 bits per heavy atom. The summed E-state index contributed by atoms with van der Waals surface area (Å²) in [6.45, 7) is 2.25. The lowest BCUT2D eigenvalue weighted by Crippen LogP contribution is -2.07. The van der Waals surface area contributed by atoms with Crippen LogP contribution in [0.1, 0.15) is 71.1 Å². The highest BCUT2D eigenvalue weighted by atomic mass is 35.5. The van der Waals surface area contributed by atoms with E-state index in [-0.39, 0.29) is 6.10 Å². The zero-order chi connectivity index (χ0) is 11.4. The number of rotatable bonds is 11. The maximum atomic E-state index is 9.23. The lowest BCUT2D eigenvalue weighted by molar-refractivity contribution is 0.183. The number of alkyl halides is 1. The third-order valence-electron chi connectivity index (χ3n) is 2.82. The SMILES string of the molecule is CCCCCCCCCCCC(O)CCl. The Bertz CT molecular complexity index is 117. The van der Waals surface area contributed by atoms with Crippen LogP contribution < -0.4 is 0 Å². The highest BCUT2D eigenvalue weighted by Gasteiger charge is 2.00. The van der Waals surface area contributed by atoms with Crippen molar-refractivity contribution in [3.63, 3.8) is 0 Å². The molecule has 0 rings (SSSR count). The van der Waals surface area contributed by atoms with E-state index in [0.717, 1.165) is 12.8 Å². The van der Waals surface area contributed by atoms with Crippen molar-refractivity contribution in [3.8, 4) is 0 Å². The fourth-order valence-corrected chi connectivity index (χ4v) is 1.92. The van der Waals surface area contributed by atoms with Crippen LogP contribution in [0.3, 0.4) is 0 Å². The summed E-state index contributed by atoms with van der Waals surface area (Å²) >= 11 is 5.51. The van der Waals surface area contributed by atoms with E-state index in [4.69, 9.17) is 11.6 Å². The van der Waals surface area contributed by atoms with Crippen LogP contribution in [0.25, 0.3) is 0 Å². The summed E-state index contributed by atoms with van der Waals surface area (Å²) in [7, 11) is 0. The minimum absolute atomic E-state index is 0.281. The molecule has 1 N–H and O–H groups in total. The number of hydrogen-bond acceptors (Lipinski definition) is 1. The molecule has 0 aliphatic rings. The second-order valence-electron chi connectivity index (χ2n) is 4.43. The average molecular weight is 235 g/mol. The summed E-state index contributed by atoms with van der Waals surface area (Å²) in [5.41, 5.74) is 0. The molecule has 0 amide bonds. The molecule has 92 valence electrons. The maximum absolute atomic E-state index is 9.23. The summed E-state index contributed by atoms with van der Waals surface area (Å²) in [5.74, 6) is 0.386. The zero-order valence-electron chi connectivity index (χ0n) is 10.2. The molecule has 0 radical (unpaired) electrons. The van der Waals surface area contributed by atoms with Crippen molar-refractivity contribution in [2.24, 2.45) is 0 Å². The molecule has 0 aromatic carbocycles. The average Bonchev–Trinajstić information content (AvgIpc) is 2.26. The van der Waals surface area contributed by atoms with Crippen molar-refractivity contribution in [1.29, 1.82) is 0 Å². The molecule has 0 aromatic heterocycles. The molecule has 0 aliphatic carbocycles. The molecular weight excluding hydrogens is 208 g/mol. The smallest absolute Gasteiger partial charge is 0.0675 e. The fourth-order valence-electron chi connectivity index (χ4n) is 1.77. The van der Waals surface area contributed by atoms with Crippen LogP contribution in [-0.2, 0) is 0 Å². The number of halogens is 1. The zero-order valence-corrected chi connectivity index (χ0v) is 10.9. The predicted molar refractivity (Wildman–Crippen MR) is 68.6 cm³/mol. The van der Waals surface area contributed by atoms with Crippen LogP contribution in [0.15, 0.2) is 0 Å². The highest BCUT2D eigenvalue weighted by Crippen LogP contribution is 2.11. The van der Waals surface area contributed by atoms with E-state index in [1.165, 1.54) is 51.4 Å². The van der Waals surface area contributed by atoms with Gasteiger partial charge in [-0.3, -0.25) is 0 Å². The number of aliphatic hydroxyl groups is 1. The van der Waals surface area contributed by atoms with Gasteiger partial charge in [0, 0.05) is 5.88 Å². The van der Waals surface area contributed by atoms with E-state index in [9.17, 15) is 5.11 Å². The van der Waals surface area contributed by atoms with Gasteiger partial charge in [0.05, 0.1) is 6.10 Å². The first-order chi connectivity index (χ1) is 7.31. The number of hydrogen-bond donors (Lipinski definition) is 1. The lowest BCUT2D eigenvalue weighted by atomic mass is 10.1. The van der Waals surface area contributed by atoms with Crippen molar-refractivity contribution < 1.29 is 5.11 Å². The topological polar surface area (TPSA) is 20.2 Å². The Hall–Kier alpha value is 0.250. The first-order valence-electron chi connectivity index (χ1n) is 6.55. The van der Waals surface area contributed by atoms with Gasteiger partial charge in [0.2, 0.25) is 0 Å². The molecule has 1 unspecified atom stereocenters. The summed E-state index contributed by atoms with van der Waals surface area (Å²) in [6.07, 6.45) is 12.6. The molecular formula is C13H27ClO. The molecule has 2 heteroatoms. The number of unbranched alkanes of at least 4 members (excludes halogenated alkanes) is 8. The Balaban J connectivity index is 2.92. The summed E-state index contributed by atoms with van der Waals surface area (Å²) in [6, 6.07) is 0. The van der Waals surface area contributed by atoms with Crippen molar-refractivity contribution in [1.82, 2.24) is 0 Å². The van der Waals surface area contributed by atoms with Crippen LogP contribution in [0.2, 0.25) is 0 Å². The quantitative estimate of drug-likeness (QED) is 0.412. The molecule has 15 heavy (non-hydrogen) atoms. The van der Waals surface area contributed by atoms with E-state index >= 15 is 0 Å². The Morgan fingerprint density at radius 3 is 1.80 bits per heavy atom. The van der Waals surface area contributed by atoms with Gasteiger partial charge in [-0.2, -0.15) is 0 Å². The van der Waals surface area contributed by atoms with Crippen molar-refractivity contribution in [2.45, 2.75) is 77.2 Å². The standard InChI is InChI=1S/C13H27ClO/c1-2-3-4-5-6-7-8-9-10-11-13(15)12-14/h13,15H,2-12H2,1H3. The van der Waals surface area contributed by atoms with Crippen LogP contribution in [-0.4, -0.2) is 17.1 Å². The molecule has 0 heterocycles. The maximum Gasteiger partial charge on any atom is 0.0675 e. The normalized spacial score (nSPS) is 13.0. The Morgan fingerprint density at radius 2 is 1.33 bits per heavy atom. The van der Waals surface area contributed by atoms with Gasteiger partial charge in [0.25, 0.3) is 0 Å². The lowest BCUT2D eigenvalue weighted by Gasteiger charge is -2.05. The van der Waals surface area contributed by atoms with Crippen molar-refractivity contribution in [3.05, 3.63) is 0 Å². The minimum atomic E-state index is -0.281. The largest absolute Gasteiger partial charge is 0.392 e. The van der Waals surface area contributed by atoms with Gasteiger partial charge in [-0.1, -0.05) is 64.7 Å². The molecule has 0 saturated heterocycles. The molecule has 1 atom stereocenters. The molecule has 0 fully saturated rings. The van der Waals surface area contributed by atoms with E-state index in [0.29, 0.717) is 5.88 Å². The second kappa shape index (κ2) is 12.3. The van der Waals surface area contributed by atoms with Crippen molar-refractivity contribution in [2.75, 3.05) is 5.88 Å². The van der Waals surface area contributed by atoms with Crippen molar-refractivity contribution >= 4 is 11.6 Å². The van der Waals surface area contributed by atoms with Gasteiger partial charge in [-0.25, -0.2) is 0 Å². The monoisotopic (exact) mass is 234 g/mol. The molecule has 1 nitrogen and oxygen atoms in total. The van der Waals surface area contributed by atoms with Crippen LogP contribution >= 0.6 is 11.6 Å². The molecule has 0 spiro atoms. The third-order valence-corrected chi connectivity index (χ3v) is 3.18. The van der Waals surface area contributed by atoms with Gasteiger partial charge in [-0.05, 0) is 6.42 Å². The van der Waals surface area contributed by atoms with Crippen LogP contribution in [0.4, 0.5) is 0 Å². The molecule has 0 saturated carbocycles. The van der Waals surface area contributed by atoms with Gasteiger partial charge < -0.3 is 5.11 Å². The summed E-state index contributed by atoms with van der Waals surface area (Å²) in [4.78, 5) is 0. The fraction of sp³-hybridized carbons (Fsp3) is 1.00. The second-order valence-corrected chi connectivity index (χ2v) is 4.73. The third kappa shape index (κ3) is 12.2. The highest BCUT2D eigenvalue weighted by molar-refractivity contribution is 6.18. The first kappa shape index (κ1) is 15.2. The van der Waals surface area contributed by atoms with E-state index < -0.39 is 0 Å². The predicted octanol–water partition coefficient (Wildman–Crippen LogP) is 4.51.